The van der Waals surface area contributed by atoms with Gasteiger partial charge in [0.15, 0.2) is 0 Å². The first-order chi connectivity index (χ1) is 10.8. The van der Waals surface area contributed by atoms with Crippen LogP contribution in [0.5, 0.6) is 0 Å². The Morgan fingerprint density at radius 3 is 2.00 bits per heavy atom. The summed E-state index contributed by atoms with van der Waals surface area (Å²) in [5.41, 5.74) is 1.68. The summed E-state index contributed by atoms with van der Waals surface area (Å²) in [6, 6.07) is 18.8. The molecule has 0 spiro atoms. The van der Waals surface area contributed by atoms with Crippen LogP contribution in [0, 0.1) is 0 Å². The monoisotopic (exact) mass is 296 g/mol. The number of carbonyl (C=O) groups is 2. The smallest absolute Gasteiger partial charge is 0.347 e. The fraction of sp³-hybridized carbons (Fsp3) is 0.222. The number of hydrogen-bond donors (Lipinski definition) is 0. The first-order valence-corrected chi connectivity index (χ1v) is 7.23. The summed E-state index contributed by atoms with van der Waals surface area (Å²) in [7, 11) is 0. The molecule has 1 heterocycles. The number of rotatable bonds is 4. The zero-order valence-electron chi connectivity index (χ0n) is 12.0. The molecule has 1 fully saturated rings. The maximum absolute atomic E-state index is 12.6. The zero-order chi connectivity index (χ0) is 15.4. The second-order valence-electron chi connectivity index (χ2n) is 5.14. The molecule has 3 rings (SSSR count). The van der Waals surface area contributed by atoms with Gasteiger partial charge in [-0.25, -0.2) is 4.79 Å². The minimum absolute atomic E-state index is 0.304. The van der Waals surface area contributed by atoms with Gasteiger partial charge in [0.1, 0.15) is 5.92 Å². The van der Waals surface area contributed by atoms with Crippen molar-refractivity contribution in [1.82, 2.24) is 0 Å². The molecule has 0 N–H and O–H groups in total. The van der Waals surface area contributed by atoms with Gasteiger partial charge in [0, 0.05) is 6.42 Å². The van der Waals surface area contributed by atoms with Crippen LogP contribution in [0.3, 0.4) is 0 Å². The lowest BCUT2D eigenvalue weighted by molar-refractivity contribution is -0.160. The lowest BCUT2D eigenvalue weighted by atomic mass is 9.91. The molecule has 2 aromatic carbocycles. The summed E-state index contributed by atoms with van der Waals surface area (Å²) in [6.45, 7) is 0.304. The molecule has 2 aromatic rings. The van der Waals surface area contributed by atoms with Crippen molar-refractivity contribution in [3.05, 3.63) is 71.8 Å². The van der Waals surface area contributed by atoms with Gasteiger partial charge in [-0.2, -0.15) is 0 Å². The van der Waals surface area contributed by atoms with E-state index in [9.17, 15) is 9.59 Å². The Morgan fingerprint density at radius 1 is 1.00 bits per heavy atom. The highest BCUT2D eigenvalue weighted by molar-refractivity contribution is 5.86. The van der Waals surface area contributed by atoms with Gasteiger partial charge in [0.25, 0.3) is 0 Å². The van der Waals surface area contributed by atoms with Crippen LogP contribution >= 0.6 is 0 Å². The molecule has 4 nitrogen and oxygen atoms in total. The standard InChI is InChI=1S/C18H16O4/c19-17-15(11-12-21-17)22-18(20)16(13-7-3-1-4-8-13)14-9-5-2-6-10-14/h1-10,15-16H,11-12H2/t15-/m0/s1. The minimum Gasteiger partial charge on any atom is -0.463 e. The zero-order valence-corrected chi connectivity index (χ0v) is 12.0. The highest BCUT2D eigenvalue weighted by Crippen LogP contribution is 2.27. The van der Waals surface area contributed by atoms with E-state index in [1.807, 2.05) is 60.7 Å². The molecule has 0 bridgehead atoms. The van der Waals surface area contributed by atoms with Crippen molar-refractivity contribution in [1.29, 1.82) is 0 Å². The highest BCUT2D eigenvalue weighted by atomic mass is 16.6. The Kier molecular flexibility index (Phi) is 4.19. The molecular formula is C18H16O4. The Balaban J connectivity index is 1.88. The molecule has 1 atom stereocenters. The van der Waals surface area contributed by atoms with Crippen LogP contribution in [0.15, 0.2) is 60.7 Å². The first-order valence-electron chi connectivity index (χ1n) is 7.23. The summed E-state index contributed by atoms with van der Waals surface area (Å²) in [5.74, 6) is -1.44. The largest absolute Gasteiger partial charge is 0.463 e. The van der Waals surface area contributed by atoms with E-state index in [4.69, 9.17) is 9.47 Å². The van der Waals surface area contributed by atoms with Crippen LogP contribution in [0.4, 0.5) is 0 Å². The summed E-state index contributed by atoms with van der Waals surface area (Å²) < 4.78 is 10.2. The second kappa shape index (κ2) is 6.43. The third-order valence-electron chi connectivity index (χ3n) is 3.65. The lowest BCUT2D eigenvalue weighted by Gasteiger charge is -2.18. The number of esters is 2. The summed E-state index contributed by atoms with van der Waals surface area (Å²) >= 11 is 0. The van der Waals surface area contributed by atoms with Crippen molar-refractivity contribution in [3.63, 3.8) is 0 Å². The van der Waals surface area contributed by atoms with Crippen LogP contribution < -0.4 is 0 Å². The normalized spacial score (nSPS) is 17.3. The molecule has 1 aliphatic rings. The van der Waals surface area contributed by atoms with Crippen molar-refractivity contribution < 1.29 is 19.1 Å². The molecule has 0 saturated carbocycles. The Hall–Kier alpha value is -2.62. The molecule has 22 heavy (non-hydrogen) atoms. The van der Waals surface area contributed by atoms with Crippen LogP contribution in [0.25, 0.3) is 0 Å². The summed E-state index contributed by atoms with van der Waals surface area (Å²) in [4.78, 5) is 24.1. The molecular weight excluding hydrogens is 280 g/mol. The fourth-order valence-electron chi connectivity index (χ4n) is 2.55. The number of cyclic esters (lactones) is 1. The maximum atomic E-state index is 12.6. The average Bonchev–Trinajstić information content (AvgIpc) is 2.95. The topological polar surface area (TPSA) is 52.6 Å². The van der Waals surface area contributed by atoms with E-state index in [0.717, 1.165) is 11.1 Å². The van der Waals surface area contributed by atoms with Crippen molar-refractivity contribution in [2.24, 2.45) is 0 Å². The maximum Gasteiger partial charge on any atom is 0.347 e. The lowest BCUT2D eigenvalue weighted by Crippen LogP contribution is -2.27. The molecule has 1 saturated heterocycles. The molecule has 112 valence electrons. The average molecular weight is 296 g/mol. The Morgan fingerprint density at radius 2 is 1.55 bits per heavy atom. The summed E-state index contributed by atoms with van der Waals surface area (Å²) in [6.07, 6.45) is -0.372. The quantitative estimate of drug-likeness (QED) is 0.814. The number of benzene rings is 2. The van der Waals surface area contributed by atoms with E-state index in [0.29, 0.717) is 13.0 Å². The Labute approximate surface area is 128 Å². The van der Waals surface area contributed by atoms with E-state index in [1.54, 1.807) is 0 Å². The molecule has 0 radical (unpaired) electrons. The molecule has 0 amide bonds. The van der Waals surface area contributed by atoms with Crippen LogP contribution in [-0.2, 0) is 19.1 Å². The van der Waals surface area contributed by atoms with Crippen LogP contribution in [0.2, 0.25) is 0 Å². The van der Waals surface area contributed by atoms with E-state index in [-0.39, 0.29) is 0 Å². The van der Waals surface area contributed by atoms with Gasteiger partial charge < -0.3 is 9.47 Å². The van der Waals surface area contributed by atoms with Crippen molar-refractivity contribution in [3.8, 4) is 0 Å². The molecule has 4 heteroatoms. The van der Waals surface area contributed by atoms with E-state index >= 15 is 0 Å². The van der Waals surface area contributed by atoms with Crippen molar-refractivity contribution >= 4 is 11.9 Å². The van der Waals surface area contributed by atoms with E-state index in [2.05, 4.69) is 0 Å². The third kappa shape index (κ3) is 3.01. The minimum atomic E-state index is -0.789. The second-order valence-corrected chi connectivity index (χ2v) is 5.14. The third-order valence-corrected chi connectivity index (χ3v) is 3.65. The van der Waals surface area contributed by atoms with Crippen molar-refractivity contribution in [2.75, 3.05) is 6.61 Å². The molecule has 1 aliphatic heterocycles. The molecule has 0 aliphatic carbocycles. The molecule has 0 aromatic heterocycles. The van der Waals surface area contributed by atoms with Gasteiger partial charge in [-0.15, -0.1) is 0 Å². The summed E-state index contributed by atoms with van der Waals surface area (Å²) in [5, 5.41) is 0. The number of ether oxygens (including phenoxy) is 2. The SMILES string of the molecule is O=C(O[C@H]1CCOC1=O)C(c1ccccc1)c1ccccc1. The predicted molar refractivity (Wildman–Crippen MR) is 80.2 cm³/mol. The number of hydrogen-bond acceptors (Lipinski definition) is 4. The van der Waals surface area contributed by atoms with Crippen LogP contribution in [0.1, 0.15) is 23.5 Å². The van der Waals surface area contributed by atoms with Crippen molar-refractivity contribution in [2.45, 2.75) is 18.4 Å². The number of carbonyl (C=O) groups excluding carboxylic acids is 2. The van der Waals surface area contributed by atoms with Gasteiger partial charge in [0.2, 0.25) is 6.10 Å². The van der Waals surface area contributed by atoms with E-state index in [1.165, 1.54) is 0 Å². The van der Waals surface area contributed by atoms with Gasteiger partial charge in [-0.05, 0) is 11.1 Å². The van der Waals surface area contributed by atoms with Gasteiger partial charge in [-0.3, -0.25) is 4.79 Å². The first kappa shape index (κ1) is 14.3. The van der Waals surface area contributed by atoms with Gasteiger partial charge in [-0.1, -0.05) is 60.7 Å². The predicted octanol–water partition coefficient (Wildman–Crippen LogP) is 2.68. The highest BCUT2D eigenvalue weighted by Gasteiger charge is 2.33. The Bertz CT molecular complexity index is 612. The van der Waals surface area contributed by atoms with Crippen LogP contribution in [-0.4, -0.2) is 24.6 Å². The van der Waals surface area contributed by atoms with Gasteiger partial charge in [0.05, 0.1) is 6.61 Å². The fourth-order valence-corrected chi connectivity index (χ4v) is 2.55. The van der Waals surface area contributed by atoms with E-state index < -0.39 is 24.0 Å². The molecule has 0 unspecified atom stereocenters. The van der Waals surface area contributed by atoms with Gasteiger partial charge >= 0.3 is 11.9 Å².